The Labute approximate surface area is 57.2 Å². The minimum Gasteiger partial charge on any atom is -0.478 e. The quantitative estimate of drug-likeness (QED) is 0.585. The summed E-state index contributed by atoms with van der Waals surface area (Å²) in [5.41, 5.74) is 0.752. The molecule has 52 valence electrons. The van der Waals surface area contributed by atoms with Crippen LogP contribution >= 0.6 is 0 Å². The van der Waals surface area contributed by atoms with Crippen molar-refractivity contribution < 1.29 is 9.90 Å². The molecule has 1 aromatic rings. The Morgan fingerprint density at radius 3 is 3.10 bits per heavy atom. The summed E-state index contributed by atoms with van der Waals surface area (Å²) in [7, 11) is 0. The average Bonchev–Trinajstić information content (AvgIpc) is 2.34. The van der Waals surface area contributed by atoms with Gasteiger partial charge in [0.15, 0.2) is 0 Å². The van der Waals surface area contributed by atoms with E-state index < -0.39 is 5.97 Å². The second kappa shape index (κ2) is 2.82. The van der Waals surface area contributed by atoms with E-state index in [1.165, 1.54) is 6.08 Å². The largest absolute Gasteiger partial charge is 0.478 e. The number of aromatic amines is 1. The maximum atomic E-state index is 9.98. The molecule has 0 bridgehead atoms. The summed E-state index contributed by atoms with van der Waals surface area (Å²) in [6.45, 7) is 0. The molecule has 0 aliphatic heterocycles. The molecule has 0 amide bonds. The summed E-state index contributed by atoms with van der Waals surface area (Å²) in [5.74, 6) is -0.957. The highest BCUT2D eigenvalue weighted by Crippen LogP contribution is 1.95. The van der Waals surface area contributed by atoms with Crippen molar-refractivity contribution >= 4 is 12.0 Å². The molecule has 0 spiro atoms. The van der Waals surface area contributed by atoms with E-state index in [9.17, 15) is 4.79 Å². The molecule has 0 radical (unpaired) electrons. The summed E-state index contributed by atoms with van der Waals surface area (Å²) >= 11 is 0. The second-order valence-electron chi connectivity index (χ2n) is 1.70. The number of H-pyrrole nitrogens is 1. The molecule has 0 aliphatic carbocycles. The first-order valence-electron chi connectivity index (χ1n) is 2.69. The number of carbonyl (C=O) groups is 1. The first kappa shape index (κ1) is 6.54. The molecule has 1 rings (SSSR count). The Kier molecular flexibility index (Phi) is 1.84. The molecule has 1 heterocycles. The number of aromatic nitrogens is 2. The predicted molar refractivity (Wildman–Crippen MR) is 35.3 cm³/mol. The van der Waals surface area contributed by atoms with Crippen molar-refractivity contribution in [1.29, 1.82) is 0 Å². The van der Waals surface area contributed by atoms with Gasteiger partial charge in [-0.2, -0.15) is 5.10 Å². The number of nitrogens with one attached hydrogen (secondary N) is 1. The second-order valence-corrected chi connectivity index (χ2v) is 1.70. The van der Waals surface area contributed by atoms with Crippen molar-refractivity contribution in [3.63, 3.8) is 0 Å². The van der Waals surface area contributed by atoms with Gasteiger partial charge in [-0.15, -0.1) is 0 Å². The van der Waals surface area contributed by atoms with Crippen molar-refractivity contribution in [2.45, 2.75) is 0 Å². The zero-order valence-electron chi connectivity index (χ0n) is 5.11. The molecule has 0 saturated heterocycles. The van der Waals surface area contributed by atoms with Gasteiger partial charge in [-0.1, -0.05) is 0 Å². The third-order valence-corrected chi connectivity index (χ3v) is 0.938. The lowest BCUT2D eigenvalue weighted by Gasteiger charge is -1.77. The van der Waals surface area contributed by atoms with E-state index in [1.54, 1.807) is 12.4 Å². The summed E-state index contributed by atoms with van der Waals surface area (Å²) in [5, 5.41) is 14.4. The summed E-state index contributed by atoms with van der Waals surface area (Å²) < 4.78 is 0. The molecule has 0 atom stereocenters. The maximum Gasteiger partial charge on any atom is 0.328 e. The predicted octanol–water partition coefficient (Wildman–Crippen LogP) is 0.507. The molecule has 0 aromatic carbocycles. The molecule has 10 heavy (non-hydrogen) atoms. The van der Waals surface area contributed by atoms with Crippen LogP contribution in [0.15, 0.2) is 18.5 Å². The highest BCUT2D eigenvalue weighted by molar-refractivity contribution is 5.85. The van der Waals surface area contributed by atoms with Crippen LogP contribution in [0.25, 0.3) is 6.08 Å². The molecule has 0 aliphatic rings. The fraction of sp³-hybridized carbons (Fsp3) is 0. The van der Waals surface area contributed by atoms with Crippen LogP contribution in [0.5, 0.6) is 0 Å². The van der Waals surface area contributed by atoms with Gasteiger partial charge >= 0.3 is 5.97 Å². The number of hydrogen-bond donors (Lipinski definition) is 2. The van der Waals surface area contributed by atoms with E-state index in [1.807, 2.05) is 0 Å². The molecule has 0 fully saturated rings. The average molecular weight is 138 g/mol. The number of aliphatic carboxylic acids is 1. The third kappa shape index (κ3) is 1.74. The lowest BCUT2D eigenvalue weighted by Crippen LogP contribution is -1.84. The maximum absolute atomic E-state index is 9.98. The molecule has 0 saturated carbocycles. The first-order chi connectivity index (χ1) is 4.79. The zero-order chi connectivity index (χ0) is 7.40. The summed E-state index contributed by atoms with van der Waals surface area (Å²) in [6, 6.07) is 0. The fourth-order valence-corrected chi connectivity index (χ4v) is 0.520. The lowest BCUT2D eigenvalue weighted by atomic mass is 10.3. The zero-order valence-corrected chi connectivity index (χ0v) is 5.11. The van der Waals surface area contributed by atoms with Gasteiger partial charge in [0.2, 0.25) is 0 Å². The minimum atomic E-state index is -0.957. The Balaban J connectivity index is 2.64. The van der Waals surface area contributed by atoms with Crippen LogP contribution in [0.1, 0.15) is 5.56 Å². The molecule has 4 nitrogen and oxygen atoms in total. The van der Waals surface area contributed by atoms with E-state index in [4.69, 9.17) is 5.11 Å². The van der Waals surface area contributed by atoms with Gasteiger partial charge in [0, 0.05) is 17.8 Å². The van der Waals surface area contributed by atoms with E-state index >= 15 is 0 Å². The van der Waals surface area contributed by atoms with E-state index in [-0.39, 0.29) is 0 Å². The van der Waals surface area contributed by atoms with Gasteiger partial charge < -0.3 is 5.11 Å². The van der Waals surface area contributed by atoms with Gasteiger partial charge in [0.05, 0.1) is 6.20 Å². The molecular formula is C6H6N2O2. The molecule has 2 N–H and O–H groups in total. The number of carboxylic acid groups (broad SMARTS) is 1. The van der Waals surface area contributed by atoms with Crippen LogP contribution in [0, 0.1) is 0 Å². The van der Waals surface area contributed by atoms with Crippen LogP contribution in [0.2, 0.25) is 0 Å². The molecular weight excluding hydrogens is 132 g/mol. The Morgan fingerprint density at radius 1 is 1.80 bits per heavy atom. The van der Waals surface area contributed by atoms with Crippen molar-refractivity contribution in [3.05, 3.63) is 24.0 Å². The van der Waals surface area contributed by atoms with E-state index in [0.717, 1.165) is 11.6 Å². The van der Waals surface area contributed by atoms with Crippen LogP contribution in [-0.2, 0) is 4.79 Å². The molecule has 1 aromatic heterocycles. The standard InChI is InChI=1S/C6H6N2O2/c9-6(10)2-1-5-3-7-8-4-5/h1-4H,(H,7,8)(H,9,10)/b2-1-. The van der Waals surface area contributed by atoms with Gasteiger partial charge in [-0.3, -0.25) is 5.10 Å². The lowest BCUT2D eigenvalue weighted by molar-refractivity contribution is -0.131. The monoisotopic (exact) mass is 138 g/mol. The number of rotatable bonds is 2. The van der Waals surface area contributed by atoms with Crippen LogP contribution in [0.4, 0.5) is 0 Å². The number of nitrogens with zero attached hydrogens (tertiary/aromatic N) is 1. The summed E-state index contributed by atoms with van der Waals surface area (Å²) in [6.07, 6.45) is 5.68. The smallest absolute Gasteiger partial charge is 0.328 e. The van der Waals surface area contributed by atoms with Crippen molar-refractivity contribution in [2.75, 3.05) is 0 Å². The van der Waals surface area contributed by atoms with Crippen LogP contribution in [-0.4, -0.2) is 21.3 Å². The van der Waals surface area contributed by atoms with Crippen molar-refractivity contribution in [1.82, 2.24) is 10.2 Å². The summed E-state index contributed by atoms with van der Waals surface area (Å²) in [4.78, 5) is 9.98. The SMILES string of the molecule is O=C(O)/C=C\c1cn[nH]c1. The van der Waals surface area contributed by atoms with Gasteiger partial charge in [-0.05, 0) is 6.08 Å². The van der Waals surface area contributed by atoms with Gasteiger partial charge in [0.1, 0.15) is 0 Å². The van der Waals surface area contributed by atoms with Gasteiger partial charge in [0.25, 0.3) is 0 Å². The van der Waals surface area contributed by atoms with Crippen LogP contribution < -0.4 is 0 Å². The van der Waals surface area contributed by atoms with Crippen LogP contribution in [0.3, 0.4) is 0 Å². The van der Waals surface area contributed by atoms with Crippen molar-refractivity contribution in [3.8, 4) is 0 Å². The fourth-order valence-electron chi connectivity index (χ4n) is 0.520. The number of carboxylic acids is 1. The number of hydrogen-bond acceptors (Lipinski definition) is 2. The highest BCUT2D eigenvalue weighted by Gasteiger charge is 1.87. The normalized spacial score (nSPS) is 10.4. The Bertz CT molecular complexity index is 238. The van der Waals surface area contributed by atoms with E-state index in [2.05, 4.69) is 10.2 Å². The first-order valence-corrected chi connectivity index (χ1v) is 2.69. The Morgan fingerprint density at radius 2 is 2.60 bits per heavy atom. The van der Waals surface area contributed by atoms with Gasteiger partial charge in [-0.25, -0.2) is 4.79 Å². The minimum absolute atomic E-state index is 0.752. The van der Waals surface area contributed by atoms with Crippen molar-refractivity contribution in [2.24, 2.45) is 0 Å². The topological polar surface area (TPSA) is 66.0 Å². The molecule has 4 heteroatoms. The van der Waals surface area contributed by atoms with E-state index in [0.29, 0.717) is 0 Å². The Hall–Kier alpha value is -1.58. The highest BCUT2D eigenvalue weighted by atomic mass is 16.4. The molecule has 0 unspecified atom stereocenters. The third-order valence-electron chi connectivity index (χ3n) is 0.938.